The molecule has 1 aromatic rings. The molecule has 0 aliphatic carbocycles. The molecule has 1 atom stereocenters. The number of aromatic hydroxyl groups is 1. The van der Waals surface area contributed by atoms with Crippen LogP contribution in [-0.2, 0) is 25.5 Å². The summed E-state index contributed by atoms with van der Waals surface area (Å²) in [6.07, 6.45) is 0.000625. The fourth-order valence-electron chi connectivity index (χ4n) is 1.83. The summed E-state index contributed by atoms with van der Waals surface area (Å²) in [5, 5.41) is 21.2. The Morgan fingerprint density at radius 2 is 2.00 bits per heavy atom. The highest BCUT2D eigenvalue weighted by Crippen LogP contribution is 2.27. The van der Waals surface area contributed by atoms with Crippen LogP contribution in [0.15, 0.2) is 18.2 Å². The van der Waals surface area contributed by atoms with E-state index in [1.165, 1.54) is 25.1 Å². The Balaban J connectivity index is 2.73. The molecule has 0 heterocycles. The third-order valence-corrected chi connectivity index (χ3v) is 2.79. The fourth-order valence-corrected chi connectivity index (χ4v) is 1.83. The first-order chi connectivity index (χ1) is 10.8. The van der Waals surface area contributed by atoms with Gasteiger partial charge in [0.2, 0.25) is 5.91 Å². The smallest absolute Gasteiger partial charge is 0.344 e. The maximum Gasteiger partial charge on any atom is 0.344 e. The van der Waals surface area contributed by atoms with Crippen molar-refractivity contribution >= 4 is 17.8 Å². The standard InChI is InChI=1S/C15H19NO7/c1-3-22-14(19)8-23-13-5-4-10(7-12(13)18)6-11(15(20)21)16-9(2)17/h4-5,7,11,18H,3,6,8H2,1-2H3,(H,16,17)(H,20,21). The molecule has 23 heavy (non-hydrogen) atoms. The minimum Gasteiger partial charge on any atom is -0.504 e. The largest absolute Gasteiger partial charge is 0.504 e. The SMILES string of the molecule is CCOC(=O)COc1ccc(CC(NC(C)=O)C(=O)O)cc1O. The molecule has 0 aromatic heterocycles. The number of hydrogen-bond donors (Lipinski definition) is 3. The number of esters is 1. The van der Waals surface area contributed by atoms with Crippen molar-refractivity contribution in [3.63, 3.8) is 0 Å². The second-order valence-electron chi connectivity index (χ2n) is 4.69. The van der Waals surface area contributed by atoms with Crippen LogP contribution in [0.1, 0.15) is 19.4 Å². The second-order valence-corrected chi connectivity index (χ2v) is 4.69. The van der Waals surface area contributed by atoms with Crippen molar-refractivity contribution in [3.8, 4) is 11.5 Å². The average molecular weight is 325 g/mol. The molecule has 8 heteroatoms. The number of phenolic OH excluding ortho intramolecular Hbond substituents is 1. The van der Waals surface area contributed by atoms with Crippen LogP contribution >= 0.6 is 0 Å². The van der Waals surface area contributed by atoms with Crippen molar-refractivity contribution in [2.75, 3.05) is 13.2 Å². The van der Waals surface area contributed by atoms with Crippen LogP contribution in [0.5, 0.6) is 11.5 Å². The Morgan fingerprint density at radius 3 is 2.52 bits per heavy atom. The van der Waals surface area contributed by atoms with Crippen LogP contribution in [0.3, 0.4) is 0 Å². The summed E-state index contributed by atoms with van der Waals surface area (Å²) in [6, 6.07) is 3.17. The monoisotopic (exact) mass is 325 g/mol. The quantitative estimate of drug-likeness (QED) is 0.594. The highest BCUT2D eigenvalue weighted by atomic mass is 16.6. The summed E-state index contributed by atoms with van der Waals surface area (Å²) in [5.74, 6) is -2.36. The summed E-state index contributed by atoms with van der Waals surface area (Å²) >= 11 is 0. The normalized spacial score (nSPS) is 11.4. The van der Waals surface area contributed by atoms with E-state index in [-0.39, 0.29) is 31.1 Å². The number of carboxylic acids is 1. The number of hydrogen-bond acceptors (Lipinski definition) is 6. The summed E-state index contributed by atoms with van der Waals surface area (Å²) < 4.78 is 9.80. The Bertz CT molecular complexity index is 585. The molecular weight excluding hydrogens is 306 g/mol. The number of ether oxygens (including phenoxy) is 2. The van der Waals surface area contributed by atoms with Gasteiger partial charge in [0.1, 0.15) is 6.04 Å². The van der Waals surface area contributed by atoms with E-state index in [4.69, 9.17) is 14.6 Å². The van der Waals surface area contributed by atoms with Crippen molar-refractivity contribution in [2.24, 2.45) is 0 Å². The van der Waals surface area contributed by atoms with Gasteiger partial charge >= 0.3 is 11.9 Å². The van der Waals surface area contributed by atoms with E-state index in [0.29, 0.717) is 5.56 Å². The highest BCUT2D eigenvalue weighted by Gasteiger charge is 2.19. The second kappa shape index (κ2) is 8.62. The van der Waals surface area contributed by atoms with E-state index in [9.17, 15) is 19.5 Å². The van der Waals surface area contributed by atoms with Crippen LogP contribution in [0.4, 0.5) is 0 Å². The molecule has 0 aliphatic rings. The van der Waals surface area contributed by atoms with Crippen molar-refractivity contribution in [3.05, 3.63) is 23.8 Å². The van der Waals surface area contributed by atoms with E-state index in [1.807, 2.05) is 0 Å². The topological polar surface area (TPSA) is 122 Å². The number of nitrogens with one attached hydrogen (secondary N) is 1. The molecule has 1 rings (SSSR count). The minimum atomic E-state index is -1.18. The zero-order chi connectivity index (χ0) is 17.4. The van der Waals surface area contributed by atoms with Gasteiger partial charge in [0.25, 0.3) is 0 Å². The molecule has 126 valence electrons. The Kier molecular flexibility index (Phi) is 6.85. The zero-order valence-corrected chi connectivity index (χ0v) is 12.9. The van der Waals surface area contributed by atoms with Gasteiger partial charge in [-0.1, -0.05) is 6.07 Å². The van der Waals surface area contributed by atoms with Crippen molar-refractivity contribution < 1.29 is 34.1 Å². The number of aliphatic carboxylic acids is 1. The van der Waals surface area contributed by atoms with Crippen LogP contribution in [0, 0.1) is 0 Å². The lowest BCUT2D eigenvalue weighted by molar-refractivity contribution is -0.145. The summed E-state index contributed by atoms with van der Waals surface area (Å²) in [4.78, 5) is 33.2. The number of carbonyl (C=O) groups excluding carboxylic acids is 2. The molecule has 0 radical (unpaired) electrons. The summed E-state index contributed by atoms with van der Waals surface area (Å²) in [6.45, 7) is 2.77. The van der Waals surface area contributed by atoms with Crippen molar-refractivity contribution in [1.29, 1.82) is 0 Å². The number of phenols is 1. The maximum atomic E-state index is 11.2. The lowest BCUT2D eigenvalue weighted by atomic mass is 10.1. The van der Waals surface area contributed by atoms with Crippen molar-refractivity contribution in [2.45, 2.75) is 26.3 Å². The molecule has 0 aliphatic heterocycles. The lowest BCUT2D eigenvalue weighted by Crippen LogP contribution is -2.41. The Morgan fingerprint density at radius 1 is 1.30 bits per heavy atom. The number of benzene rings is 1. The van der Waals surface area contributed by atoms with Gasteiger partial charge in [-0.15, -0.1) is 0 Å². The molecule has 8 nitrogen and oxygen atoms in total. The van der Waals surface area contributed by atoms with E-state index in [1.54, 1.807) is 6.92 Å². The van der Waals surface area contributed by atoms with Gasteiger partial charge in [0, 0.05) is 13.3 Å². The molecule has 3 N–H and O–H groups in total. The highest BCUT2D eigenvalue weighted by molar-refractivity contribution is 5.82. The Labute approximate surface area is 133 Å². The molecular formula is C15H19NO7. The van der Waals surface area contributed by atoms with E-state index in [0.717, 1.165) is 0 Å². The average Bonchev–Trinajstić information content (AvgIpc) is 2.45. The van der Waals surface area contributed by atoms with Gasteiger partial charge in [0.15, 0.2) is 18.1 Å². The molecule has 0 saturated heterocycles. The fraction of sp³-hybridized carbons (Fsp3) is 0.400. The van der Waals surface area contributed by atoms with Gasteiger partial charge in [-0.2, -0.15) is 0 Å². The number of carboxylic acid groups (broad SMARTS) is 1. The predicted molar refractivity (Wildman–Crippen MR) is 79.2 cm³/mol. The molecule has 0 saturated carbocycles. The van der Waals surface area contributed by atoms with Crippen molar-refractivity contribution in [1.82, 2.24) is 5.32 Å². The van der Waals surface area contributed by atoms with Gasteiger partial charge in [-0.25, -0.2) is 9.59 Å². The molecule has 1 amide bonds. The van der Waals surface area contributed by atoms with Crippen LogP contribution in [-0.4, -0.2) is 47.3 Å². The maximum absolute atomic E-state index is 11.2. The minimum absolute atomic E-state index is 0.000625. The lowest BCUT2D eigenvalue weighted by Gasteiger charge is -2.14. The molecule has 0 spiro atoms. The first kappa shape index (κ1) is 18.3. The molecule has 1 aromatic carbocycles. The van der Waals surface area contributed by atoms with Crippen LogP contribution in [0.25, 0.3) is 0 Å². The van der Waals surface area contributed by atoms with Crippen LogP contribution in [0.2, 0.25) is 0 Å². The summed E-state index contributed by atoms with van der Waals surface area (Å²) in [5.41, 5.74) is 0.493. The number of carbonyl (C=O) groups is 3. The first-order valence-corrected chi connectivity index (χ1v) is 6.93. The van der Waals surface area contributed by atoms with E-state index >= 15 is 0 Å². The third-order valence-electron chi connectivity index (χ3n) is 2.79. The van der Waals surface area contributed by atoms with E-state index in [2.05, 4.69) is 5.32 Å². The Hall–Kier alpha value is -2.77. The van der Waals surface area contributed by atoms with Gasteiger partial charge in [0.05, 0.1) is 6.61 Å². The summed E-state index contributed by atoms with van der Waals surface area (Å²) in [7, 11) is 0. The molecule has 0 fully saturated rings. The molecule has 0 bridgehead atoms. The van der Waals surface area contributed by atoms with Gasteiger partial charge < -0.3 is 25.0 Å². The van der Waals surface area contributed by atoms with Crippen LogP contribution < -0.4 is 10.1 Å². The number of rotatable bonds is 8. The number of amides is 1. The van der Waals surface area contributed by atoms with E-state index < -0.39 is 23.9 Å². The molecule has 1 unspecified atom stereocenters. The van der Waals surface area contributed by atoms with Gasteiger partial charge in [-0.05, 0) is 24.6 Å². The van der Waals surface area contributed by atoms with Gasteiger partial charge in [-0.3, -0.25) is 4.79 Å². The first-order valence-electron chi connectivity index (χ1n) is 6.93. The third kappa shape index (κ3) is 6.25. The zero-order valence-electron chi connectivity index (χ0n) is 12.9. The predicted octanol–water partition coefficient (Wildman–Crippen LogP) is 0.466.